The molecule has 1 unspecified atom stereocenters. The molecule has 0 radical (unpaired) electrons. The van der Waals surface area contributed by atoms with Crippen molar-refractivity contribution in [2.45, 2.75) is 41.3 Å². The van der Waals surface area contributed by atoms with Gasteiger partial charge in [-0.1, -0.05) is 91.0 Å². The monoisotopic (exact) mass is 658 g/mol. The van der Waals surface area contributed by atoms with E-state index in [-0.39, 0.29) is 0 Å². The van der Waals surface area contributed by atoms with Crippen LogP contribution in [-0.4, -0.2) is 53.8 Å². The molecule has 3 aromatic rings. The lowest BCUT2D eigenvalue weighted by Crippen LogP contribution is -2.71. The van der Waals surface area contributed by atoms with Gasteiger partial charge in [-0.15, -0.1) is 11.8 Å². The molecule has 234 valence electrons. The van der Waals surface area contributed by atoms with Crippen molar-refractivity contribution in [1.82, 2.24) is 10.2 Å². The van der Waals surface area contributed by atoms with Crippen LogP contribution >= 0.6 is 11.8 Å². The molecule has 3 aromatic carbocycles. The zero-order chi connectivity index (χ0) is 32.0. The summed E-state index contributed by atoms with van der Waals surface area (Å²) in [5, 5.41) is 1.81. The molecule has 1 saturated carbocycles. The summed E-state index contributed by atoms with van der Waals surface area (Å²) < 4.78 is 74.2. The number of alkyl halides is 3. The van der Waals surface area contributed by atoms with Crippen molar-refractivity contribution < 1.29 is 44.9 Å². The number of esters is 1. The van der Waals surface area contributed by atoms with Gasteiger partial charge >= 0.3 is 21.6 Å². The van der Waals surface area contributed by atoms with Gasteiger partial charge in [0.1, 0.15) is 11.4 Å². The summed E-state index contributed by atoms with van der Waals surface area (Å²) in [6, 6.07) is 24.9. The van der Waals surface area contributed by atoms with Gasteiger partial charge in [-0.3, -0.25) is 14.5 Å². The Morgan fingerprint density at radius 1 is 0.911 bits per heavy atom. The molecule has 2 fully saturated rings. The van der Waals surface area contributed by atoms with Crippen LogP contribution in [0.25, 0.3) is 0 Å². The second-order valence-corrected chi connectivity index (χ2v) is 13.3. The fourth-order valence-corrected chi connectivity index (χ4v) is 7.20. The van der Waals surface area contributed by atoms with E-state index in [9.17, 15) is 36.0 Å². The number of carbonyl (C=O) groups is 3. The standard InChI is InChI=1S/C31H25F3N2O7S2/c32-31(33,34)45(40,41)43-22-18-44-27-23(35-29(39)30(16-17-30)21-14-8-3-9-15-21)26(37)36(27)24(22)28(38)42-25(19-10-4-1-5-11-19)20-12-6-2-7-13-20/h1-15,23,25,27H,16-18H2,(H,35,39)/t23?,27-/m1/s1. The summed E-state index contributed by atoms with van der Waals surface area (Å²) in [5.41, 5.74) is -5.57. The Bertz CT molecular complexity index is 1730. The Morgan fingerprint density at radius 3 is 1.96 bits per heavy atom. The van der Waals surface area contributed by atoms with E-state index in [0.717, 1.165) is 22.2 Å². The van der Waals surface area contributed by atoms with Gasteiger partial charge in [-0.05, 0) is 29.5 Å². The van der Waals surface area contributed by atoms with E-state index < -0.39 is 73.6 Å². The smallest absolute Gasteiger partial charge is 0.448 e. The lowest BCUT2D eigenvalue weighted by atomic mass is 9.93. The van der Waals surface area contributed by atoms with Gasteiger partial charge in [0.2, 0.25) is 5.91 Å². The Labute approximate surface area is 260 Å². The molecule has 45 heavy (non-hydrogen) atoms. The highest BCUT2D eigenvalue weighted by atomic mass is 32.2. The fraction of sp³-hybridized carbons (Fsp3) is 0.258. The van der Waals surface area contributed by atoms with Crippen molar-refractivity contribution >= 4 is 39.7 Å². The molecule has 2 amide bonds. The van der Waals surface area contributed by atoms with E-state index >= 15 is 0 Å². The van der Waals surface area contributed by atoms with Crippen molar-refractivity contribution in [3.8, 4) is 0 Å². The molecule has 1 aliphatic carbocycles. The average molecular weight is 659 g/mol. The third-order valence-corrected chi connectivity index (χ3v) is 10.1. The number of fused-ring (bicyclic) bond motifs is 1. The topological polar surface area (TPSA) is 119 Å². The minimum absolute atomic E-state index is 0.393. The zero-order valence-corrected chi connectivity index (χ0v) is 24.9. The maximum Gasteiger partial charge on any atom is 0.534 e. The molecule has 2 heterocycles. The number of benzene rings is 3. The van der Waals surface area contributed by atoms with Crippen molar-refractivity contribution in [2.24, 2.45) is 0 Å². The molecule has 0 aromatic heterocycles. The summed E-state index contributed by atoms with van der Waals surface area (Å²) in [4.78, 5) is 41.5. The van der Waals surface area contributed by atoms with Crippen molar-refractivity contribution in [2.75, 3.05) is 5.75 Å². The number of thioether (sulfide) groups is 1. The predicted octanol–water partition coefficient (Wildman–Crippen LogP) is 4.53. The first-order valence-electron chi connectivity index (χ1n) is 13.8. The normalized spacial score (nSPS) is 20.6. The van der Waals surface area contributed by atoms with E-state index in [1.54, 1.807) is 72.8 Å². The van der Waals surface area contributed by atoms with Crippen molar-refractivity contribution in [3.05, 3.63) is 119 Å². The largest absolute Gasteiger partial charge is 0.534 e. The van der Waals surface area contributed by atoms with E-state index in [4.69, 9.17) is 4.74 Å². The molecule has 1 saturated heterocycles. The SMILES string of the molecule is O=C(OC(c1ccccc1)c1ccccc1)C1=C(OS(=O)(=O)C(F)(F)F)CS[C@@H]2C(NC(=O)C3(c4ccccc4)CC3)C(=O)N12. The Kier molecular flexibility index (Phi) is 7.89. The Morgan fingerprint density at radius 2 is 1.44 bits per heavy atom. The number of β-lactam (4-membered cyclic amide) rings is 1. The zero-order valence-electron chi connectivity index (χ0n) is 23.3. The van der Waals surface area contributed by atoms with E-state index in [1.807, 2.05) is 18.2 Å². The summed E-state index contributed by atoms with van der Waals surface area (Å²) in [6.45, 7) is 0. The number of hydrogen-bond donors (Lipinski definition) is 1. The Balaban J connectivity index is 1.31. The molecule has 2 atom stereocenters. The number of nitrogens with one attached hydrogen (secondary N) is 1. The first-order valence-corrected chi connectivity index (χ1v) is 16.2. The predicted molar refractivity (Wildman–Crippen MR) is 156 cm³/mol. The second-order valence-electron chi connectivity index (χ2n) is 10.7. The molecular weight excluding hydrogens is 633 g/mol. The number of amides is 2. The number of ether oxygens (including phenoxy) is 1. The molecular formula is C31H25F3N2O7S2. The fourth-order valence-electron chi connectivity index (χ4n) is 5.38. The number of hydrogen-bond acceptors (Lipinski definition) is 8. The van der Waals surface area contributed by atoms with Gasteiger partial charge in [0.25, 0.3) is 5.91 Å². The van der Waals surface area contributed by atoms with Crippen LogP contribution in [0.15, 0.2) is 102 Å². The first-order chi connectivity index (χ1) is 21.4. The van der Waals surface area contributed by atoms with Crippen LogP contribution in [0.2, 0.25) is 0 Å². The second kappa shape index (κ2) is 11.6. The minimum atomic E-state index is -6.19. The average Bonchev–Trinajstić information content (AvgIpc) is 3.85. The van der Waals surface area contributed by atoms with Crippen LogP contribution in [0.3, 0.4) is 0 Å². The lowest BCUT2D eigenvalue weighted by molar-refractivity contribution is -0.155. The highest BCUT2D eigenvalue weighted by molar-refractivity contribution is 8.00. The molecule has 14 heteroatoms. The van der Waals surface area contributed by atoms with Gasteiger partial charge in [0.05, 0.1) is 11.2 Å². The third kappa shape index (κ3) is 5.68. The van der Waals surface area contributed by atoms with Crippen molar-refractivity contribution in [3.63, 3.8) is 0 Å². The van der Waals surface area contributed by atoms with Gasteiger partial charge in [0, 0.05) is 0 Å². The highest BCUT2D eigenvalue weighted by Crippen LogP contribution is 2.49. The van der Waals surface area contributed by atoms with Crippen LogP contribution < -0.4 is 5.32 Å². The molecule has 1 N–H and O–H groups in total. The van der Waals surface area contributed by atoms with Gasteiger partial charge in [-0.2, -0.15) is 21.6 Å². The summed E-state index contributed by atoms with van der Waals surface area (Å²) in [7, 11) is -6.19. The molecule has 9 nitrogen and oxygen atoms in total. The van der Waals surface area contributed by atoms with Crippen LogP contribution in [0, 0.1) is 0 Å². The number of halogens is 3. The van der Waals surface area contributed by atoms with E-state index in [0.29, 0.717) is 24.0 Å². The number of carbonyl (C=O) groups excluding carboxylic acids is 3. The van der Waals surface area contributed by atoms with E-state index in [1.165, 1.54) is 0 Å². The summed E-state index contributed by atoms with van der Waals surface area (Å²) >= 11 is 0.854. The molecule has 0 spiro atoms. The first kappa shape index (κ1) is 30.7. The lowest BCUT2D eigenvalue weighted by Gasteiger charge is -2.49. The molecule has 3 aliphatic rings. The van der Waals surface area contributed by atoms with Gasteiger partial charge in [-0.25, -0.2) is 4.79 Å². The minimum Gasteiger partial charge on any atom is -0.448 e. The Hall–Kier alpha value is -4.30. The van der Waals surface area contributed by atoms with Crippen LogP contribution in [0.5, 0.6) is 0 Å². The van der Waals surface area contributed by atoms with Crippen LogP contribution in [0.4, 0.5) is 13.2 Å². The van der Waals surface area contributed by atoms with Crippen LogP contribution in [0.1, 0.15) is 35.6 Å². The quantitative estimate of drug-likeness (QED) is 0.154. The number of rotatable bonds is 9. The molecule has 6 rings (SSSR count). The highest BCUT2D eigenvalue weighted by Gasteiger charge is 2.59. The van der Waals surface area contributed by atoms with Gasteiger partial charge in [0.15, 0.2) is 17.6 Å². The van der Waals surface area contributed by atoms with Crippen LogP contribution in [-0.2, 0) is 38.8 Å². The maximum absolute atomic E-state index is 13.8. The maximum atomic E-state index is 13.8. The third-order valence-electron chi connectivity index (χ3n) is 7.85. The van der Waals surface area contributed by atoms with E-state index in [2.05, 4.69) is 9.50 Å². The summed E-state index contributed by atoms with van der Waals surface area (Å²) in [5.74, 6) is -3.91. The molecule has 2 aliphatic heterocycles. The summed E-state index contributed by atoms with van der Waals surface area (Å²) in [6.07, 6.45) is 0.0701. The van der Waals surface area contributed by atoms with Gasteiger partial charge < -0.3 is 14.2 Å². The van der Waals surface area contributed by atoms with Crippen molar-refractivity contribution in [1.29, 1.82) is 0 Å². The molecule has 0 bridgehead atoms. The number of nitrogens with zero attached hydrogens (tertiary/aromatic N) is 1.